The minimum Gasteiger partial charge on any atom is -0.452 e. The molecular weight excluding hydrogens is 378 g/mol. The maximum Gasteiger partial charge on any atom is 0.338 e. The highest BCUT2D eigenvalue weighted by molar-refractivity contribution is 8.00. The number of carbonyl (C=O) groups is 3. The Balaban J connectivity index is 1.60. The Bertz CT molecular complexity index is 890. The number of pyridine rings is 1. The molecule has 1 aliphatic heterocycles. The molecule has 1 aromatic heterocycles. The zero-order valence-corrected chi connectivity index (χ0v) is 15.2. The lowest BCUT2D eigenvalue weighted by Gasteiger charge is -2.21. The van der Waals surface area contributed by atoms with Gasteiger partial charge in [0.15, 0.2) is 11.8 Å². The summed E-state index contributed by atoms with van der Waals surface area (Å²) in [5.74, 6) is -1.33. The van der Waals surface area contributed by atoms with Crippen LogP contribution in [0.3, 0.4) is 0 Å². The molecule has 0 fully saturated rings. The third kappa shape index (κ3) is 4.14. The maximum atomic E-state index is 12.1. The lowest BCUT2D eigenvalue weighted by atomic mass is 10.2. The predicted molar refractivity (Wildman–Crippen MR) is 98.5 cm³/mol. The highest BCUT2D eigenvalue weighted by Gasteiger charge is 2.24. The van der Waals surface area contributed by atoms with Crippen LogP contribution in [0.25, 0.3) is 0 Å². The van der Waals surface area contributed by atoms with Crippen LogP contribution in [0.15, 0.2) is 41.4 Å². The molecule has 0 unspecified atom stereocenters. The number of esters is 1. The van der Waals surface area contributed by atoms with Gasteiger partial charge in [-0.1, -0.05) is 11.6 Å². The Labute approximate surface area is 158 Å². The van der Waals surface area contributed by atoms with Gasteiger partial charge in [-0.3, -0.25) is 9.59 Å². The summed E-state index contributed by atoms with van der Waals surface area (Å²) in [5.41, 5.74) is 1.13. The number of thioether (sulfide) groups is 1. The number of benzene rings is 1. The van der Waals surface area contributed by atoms with E-state index in [4.69, 9.17) is 16.3 Å². The number of carbonyl (C=O) groups excluding carboxylic acids is 3. The zero-order chi connectivity index (χ0) is 18.7. The Hall–Kier alpha value is -2.58. The van der Waals surface area contributed by atoms with E-state index in [1.165, 1.54) is 24.0 Å². The Morgan fingerprint density at radius 1 is 1.38 bits per heavy atom. The van der Waals surface area contributed by atoms with Gasteiger partial charge >= 0.3 is 5.97 Å². The lowest BCUT2D eigenvalue weighted by molar-refractivity contribution is -0.119. The third-order valence-corrected chi connectivity index (χ3v) is 4.99. The van der Waals surface area contributed by atoms with Crippen molar-refractivity contribution in [1.82, 2.24) is 4.98 Å². The first-order valence-electron chi connectivity index (χ1n) is 7.63. The second-order valence-corrected chi connectivity index (χ2v) is 7.17. The molecule has 2 heterocycles. The van der Waals surface area contributed by atoms with Crippen LogP contribution in [-0.4, -0.2) is 34.6 Å². The van der Waals surface area contributed by atoms with E-state index in [-0.39, 0.29) is 21.9 Å². The summed E-state index contributed by atoms with van der Waals surface area (Å²) < 4.78 is 5.01. The number of aromatic nitrogens is 1. The van der Waals surface area contributed by atoms with Gasteiger partial charge < -0.3 is 15.4 Å². The number of rotatable bonds is 4. The first-order chi connectivity index (χ1) is 12.4. The number of hydrogen-bond donors (Lipinski definition) is 2. The molecule has 26 heavy (non-hydrogen) atoms. The molecule has 7 nitrogen and oxygen atoms in total. The molecule has 9 heteroatoms. The monoisotopic (exact) mass is 391 g/mol. The summed E-state index contributed by atoms with van der Waals surface area (Å²) in [6, 6.07) is 8.06. The number of fused-ring (bicyclic) bond motifs is 1. The molecule has 0 spiro atoms. The largest absolute Gasteiger partial charge is 0.452 e. The SMILES string of the molecule is C[C@H]1Sc2ccc(C(=O)OCC(=O)Nc3cccnc3Cl)cc2NC1=O. The van der Waals surface area contributed by atoms with Gasteiger partial charge in [-0.25, -0.2) is 9.78 Å². The molecule has 0 saturated heterocycles. The molecule has 2 aromatic rings. The van der Waals surface area contributed by atoms with Crippen molar-refractivity contribution < 1.29 is 19.1 Å². The number of halogens is 1. The van der Waals surface area contributed by atoms with Crippen LogP contribution < -0.4 is 10.6 Å². The molecule has 0 radical (unpaired) electrons. The second kappa shape index (κ2) is 7.76. The molecule has 134 valence electrons. The maximum absolute atomic E-state index is 12.1. The molecule has 3 rings (SSSR count). The van der Waals surface area contributed by atoms with E-state index in [1.54, 1.807) is 31.2 Å². The fourth-order valence-corrected chi connectivity index (χ4v) is 3.31. The van der Waals surface area contributed by atoms with Gasteiger partial charge in [0.1, 0.15) is 0 Å². The zero-order valence-electron chi connectivity index (χ0n) is 13.6. The van der Waals surface area contributed by atoms with Crippen LogP contribution in [0.5, 0.6) is 0 Å². The smallest absolute Gasteiger partial charge is 0.338 e. The quantitative estimate of drug-likeness (QED) is 0.614. The second-order valence-electron chi connectivity index (χ2n) is 5.43. The summed E-state index contributed by atoms with van der Waals surface area (Å²) in [6.45, 7) is 1.33. The molecule has 0 bridgehead atoms. The topological polar surface area (TPSA) is 97.4 Å². The van der Waals surface area contributed by atoms with Gasteiger partial charge in [-0.05, 0) is 37.3 Å². The predicted octanol–water partition coefficient (Wildman–Crippen LogP) is 2.96. The Kier molecular flexibility index (Phi) is 5.43. The Morgan fingerprint density at radius 3 is 2.96 bits per heavy atom. The number of nitrogens with one attached hydrogen (secondary N) is 2. The van der Waals surface area contributed by atoms with E-state index in [2.05, 4.69) is 15.6 Å². The van der Waals surface area contributed by atoms with Gasteiger partial charge in [0.05, 0.1) is 22.2 Å². The van der Waals surface area contributed by atoms with Crippen molar-refractivity contribution in [3.8, 4) is 0 Å². The van der Waals surface area contributed by atoms with Gasteiger partial charge in [0.25, 0.3) is 5.91 Å². The third-order valence-electron chi connectivity index (χ3n) is 3.51. The average Bonchev–Trinajstić information content (AvgIpc) is 2.62. The fourth-order valence-electron chi connectivity index (χ4n) is 2.22. The van der Waals surface area contributed by atoms with Gasteiger partial charge in [-0.15, -0.1) is 11.8 Å². The van der Waals surface area contributed by atoms with Crippen molar-refractivity contribution in [2.24, 2.45) is 0 Å². The van der Waals surface area contributed by atoms with Crippen molar-refractivity contribution in [1.29, 1.82) is 0 Å². The minimum absolute atomic E-state index is 0.124. The van der Waals surface area contributed by atoms with Crippen LogP contribution in [0, 0.1) is 0 Å². The molecular formula is C17H14ClN3O4S. The molecule has 0 saturated carbocycles. The fraction of sp³-hybridized carbons (Fsp3) is 0.176. The van der Waals surface area contributed by atoms with Gasteiger partial charge in [0, 0.05) is 11.1 Å². The lowest BCUT2D eigenvalue weighted by Crippen LogP contribution is -2.26. The van der Waals surface area contributed by atoms with E-state index in [0.717, 1.165) is 4.90 Å². The van der Waals surface area contributed by atoms with E-state index in [0.29, 0.717) is 11.4 Å². The normalized spacial score (nSPS) is 15.6. The molecule has 2 N–H and O–H groups in total. The summed E-state index contributed by atoms with van der Waals surface area (Å²) in [6.07, 6.45) is 1.49. The number of anilines is 2. The highest BCUT2D eigenvalue weighted by Crippen LogP contribution is 2.36. The summed E-state index contributed by atoms with van der Waals surface area (Å²) >= 11 is 7.26. The van der Waals surface area contributed by atoms with Crippen LogP contribution in [0.4, 0.5) is 11.4 Å². The summed E-state index contributed by atoms with van der Waals surface area (Å²) in [4.78, 5) is 40.5. The van der Waals surface area contributed by atoms with E-state index in [1.807, 2.05) is 0 Å². The van der Waals surface area contributed by atoms with E-state index < -0.39 is 18.5 Å². The molecule has 2 amide bonds. The van der Waals surface area contributed by atoms with Crippen LogP contribution in [0.2, 0.25) is 5.15 Å². The van der Waals surface area contributed by atoms with Crippen molar-refractivity contribution in [3.63, 3.8) is 0 Å². The number of nitrogens with zero attached hydrogens (tertiary/aromatic N) is 1. The van der Waals surface area contributed by atoms with E-state index in [9.17, 15) is 14.4 Å². The first-order valence-corrected chi connectivity index (χ1v) is 8.89. The van der Waals surface area contributed by atoms with Crippen LogP contribution in [0.1, 0.15) is 17.3 Å². The highest BCUT2D eigenvalue weighted by atomic mass is 35.5. The minimum atomic E-state index is -0.668. The molecule has 1 atom stereocenters. The standard InChI is InChI=1S/C17H14ClN3O4S/c1-9-16(23)21-12-7-10(4-5-13(12)26-9)17(24)25-8-14(22)20-11-3-2-6-19-15(11)18/h2-7,9H,8H2,1H3,(H,20,22)(H,21,23)/t9-/m1/s1. The van der Waals surface area contributed by atoms with Crippen molar-refractivity contribution in [2.45, 2.75) is 17.1 Å². The number of ether oxygens (including phenoxy) is 1. The van der Waals surface area contributed by atoms with E-state index >= 15 is 0 Å². The average molecular weight is 392 g/mol. The van der Waals surface area contributed by atoms with Crippen molar-refractivity contribution in [3.05, 3.63) is 47.2 Å². The van der Waals surface area contributed by atoms with Crippen molar-refractivity contribution in [2.75, 3.05) is 17.2 Å². The summed E-state index contributed by atoms with van der Waals surface area (Å²) in [7, 11) is 0. The number of amides is 2. The summed E-state index contributed by atoms with van der Waals surface area (Å²) in [5, 5.41) is 5.20. The van der Waals surface area contributed by atoms with Crippen LogP contribution >= 0.6 is 23.4 Å². The molecule has 0 aliphatic carbocycles. The van der Waals surface area contributed by atoms with Gasteiger partial charge in [0.2, 0.25) is 5.91 Å². The van der Waals surface area contributed by atoms with Crippen LogP contribution in [-0.2, 0) is 14.3 Å². The van der Waals surface area contributed by atoms with Crippen molar-refractivity contribution >= 4 is 52.5 Å². The van der Waals surface area contributed by atoms with Gasteiger partial charge in [-0.2, -0.15) is 0 Å². The molecule has 1 aliphatic rings. The Morgan fingerprint density at radius 2 is 2.19 bits per heavy atom. The number of hydrogen-bond acceptors (Lipinski definition) is 6. The molecule has 1 aromatic carbocycles. The first kappa shape index (κ1) is 18.2.